The summed E-state index contributed by atoms with van der Waals surface area (Å²) in [6.07, 6.45) is 0.338. The first-order valence-electron chi connectivity index (χ1n) is 8.36. The van der Waals surface area contributed by atoms with Gasteiger partial charge in [-0.25, -0.2) is 0 Å². The second kappa shape index (κ2) is 6.81. The zero-order valence-corrected chi connectivity index (χ0v) is 14.4. The van der Waals surface area contributed by atoms with Crippen LogP contribution in [-0.2, 0) is 14.3 Å². The van der Waals surface area contributed by atoms with Crippen molar-refractivity contribution in [1.29, 1.82) is 0 Å². The van der Waals surface area contributed by atoms with Crippen LogP contribution in [0.1, 0.15) is 20.3 Å². The minimum atomic E-state index is -0.280. The zero-order valence-electron chi connectivity index (χ0n) is 14.4. The van der Waals surface area contributed by atoms with E-state index in [9.17, 15) is 9.59 Å². The largest absolute Gasteiger partial charge is 0.497 e. The first-order chi connectivity index (χ1) is 11.5. The highest BCUT2D eigenvalue weighted by Crippen LogP contribution is 2.28. The van der Waals surface area contributed by atoms with Crippen molar-refractivity contribution >= 4 is 17.5 Å². The summed E-state index contributed by atoms with van der Waals surface area (Å²) < 4.78 is 10.8. The highest BCUT2D eigenvalue weighted by molar-refractivity contribution is 6.00. The summed E-state index contributed by atoms with van der Waals surface area (Å²) in [6.45, 7) is 5.57. The number of amides is 2. The van der Waals surface area contributed by atoms with Crippen LogP contribution in [0.4, 0.5) is 5.69 Å². The quantitative estimate of drug-likeness (QED) is 0.845. The normalized spacial score (nSPS) is 27.5. The minimum absolute atomic E-state index is 0.00660. The molecular formula is C18H24N2O4. The van der Waals surface area contributed by atoms with Crippen LogP contribution in [0.5, 0.6) is 5.75 Å². The Bertz CT molecular complexity index is 606. The molecule has 0 saturated carbocycles. The van der Waals surface area contributed by atoms with E-state index in [1.807, 2.05) is 43.0 Å². The number of hydrogen-bond donors (Lipinski definition) is 0. The fourth-order valence-electron chi connectivity index (χ4n) is 3.50. The first-order valence-corrected chi connectivity index (χ1v) is 8.36. The first kappa shape index (κ1) is 16.8. The lowest BCUT2D eigenvalue weighted by molar-refractivity contribution is -0.147. The topological polar surface area (TPSA) is 59.1 Å². The maximum absolute atomic E-state index is 12.8. The number of methoxy groups -OCH3 is 1. The Hall–Kier alpha value is -2.08. The van der Waals surface area contributed by atoms with E-state index >= 15 is 0 Å². The van der Waals surface area contributed by atoms with Crippen molar-refractivity contribution < 1.29 is 19.1 Å². The van der Waals surface area contributed by atoms with Crippen molar-refractivity contribution in [3.63, 3.8) is 0 Å². The average molecular weight is 332 g/mol. The zero-order chi connectivity index (χ0) is 17.3. The molecule has 0 aromatic heterocycles. The molecule has 2 saturated heterocycles. The van der Waals surface area contributed by atoms with E-state index in [4.69, 9.17) is 9.47 Å². The third kappa shape index (κ3) is 3.38. The molecule has 24 heavy (non-hydrogen) atoms. The lowest BCUT2D eigenvalue weighted by atomic mass is 10.1. The number of carbonyl (C=O) groups is 2. The SMILES string of the molecule is COc1ccc(N2CC(C(=O)N3CC(C)OC(C)C3)CC2=O)cc1. The van der Waals surface area contributed by atoms with Gasteiger partial charge in [0.05, 0.1) is 25.2 Å². The molecule has 2 heterocycles. The number of rotatable bonds is 3. The van der Waals surface area contributed by atoms with Crippen LogP contribution >= 0.6 is 0 Å². The number of morpholine rings is 1. The predicted molar refractivity (Wildman–Crippen MR) is 90.0 cm³/mol. The number of anilines is 1. The van der Waals surface area contributed by atoms with Gasteiger partial charge in [0.25, 0.3) is 0 Å². The van der Waals surface area contributed by atoms with Crippen molar-refractivity contribution in [2.75, 3.05) is 31.6 Å². The fraction of sp³-hybridized carbons (Fsp3) is 0.556. The van der Waals surface area contributed by atoms with Crippen molar-refractivity contribution in [2.24, 2.45) is 5.92 Å². The second-order valence-electron chi connectivity index (χ2n) is 6.60. The summed E-state index contributed by atoms with van der Waals surface area (Å²) in [5.74, 6) is 0.514. The van der Waals surface area contributed by atoms with Gasteiger partial charge in [0, 0.05) is 31.7 Å². The van der Waals surface area contributed by atoms with Crippen molar-refractivity contribution in [3.05, 3.63) is 24.3 Å². The number of carbonyl (C=O) groups excluding carboxylic acids is 2. The number of ether oxygens (including phenoxy) is 2. The van der Waals surface area contributed by atoms with Gasteiger partial charge in [-0.3, -0.25) is 9.59 Å². The fourth-order valence-corrected chi connectivity index (χ4v) is 3.50. The van der Waals surface area contributed by atoms with E-state index in [-0.39, 0.29) is 36.4 Å². The molecule has 0 radical (unpaired) electrons. The van der Waals surface area contributed by atoms with Crippen LogP contribution < -0.4 is 9.64 Å². The highest BCUT2D eigenvalue weighted by Gasteiger charge is 2.38. The Morgan fingerprint density at radius 2 is 1.75 bits per heavy atom. The Labute approximate surface area is 142 Å². The second-order valence-corrected chi connectivity index (χ2v) is 6.60. The Morgan fingerprint density at radius 1 is 1.12 bits per heavy atom. The van der Waals surface area contributed by atoms with Crippen LogP contribution in [-0.4, -0.2) is 55.7 Å². The van der Waals surface area contributed by atoms with Crippen LogP contribution in [0.25, 0.3) is 0 Å². The maximum atomic E-state index is 12.8. The van der Waals surface area contributed by atoms with E-state index in [0.29, 0.717) is 19.6 Å². The average Bonchev–Trinajstić information content (AvgIpc) is 2.95. The maximum Gasteiger partial charge on any atom is 0.228 e. The third-order valence-electron chi connectivity index (χ3n) is 4.59. The summed E-state index contributed by atoms with van der Waals surface area (Å²) in [5, 5.41) is 0. The molecule has 6 nitrogen and oxygen atoms in total. The monoisotopic (exact) mass is 332 g/mol. The standard InChI is InChI=1S/C18H24N2O4/c1-12-9-19(10-13(2)24-12)18(22)14-8-17(21)20(11-14)15-4-6-16(23-3)7-5-15/h4-7,12-14H,8-11H2,1-3H3. The van der Waals surface area contributed by atoms with Gasteiger partial charge in [-0.2, -0.15) is 0 Å². The molecule has 0 N–H and O–H groups in total. The summed E-state index contributed by atoms with van der Waals surface area (Å²) in [5.41, 5.74) is 0.805. The molecule has 3 unspecified atom stereocenters. The lowest BCUT2D eigenvalue weighted by Crippen LogP contribution is -2.50. The summed E-state index contributed by atoms with van der Waals surface area (Å²) in [4.78, 5) is 28.7. The molecule has 0 aliphatic carbocycles. The van der Waals surface area contributed by atoms with Gasteiger partial charge in [0.15, 0.2) is 0 Å². The van der Waals surface area contributed by atoms with Crippen molar-refractivity contribution in [1.82, 2.24) is 4.90 Å². The molecule has 1 aromatic carbocycles. The number of hydrogen-bond acceptors (Lipinski definition) is 4. The van der Waals surface area contributed by atoms with Gasteiger partial charge < -0.3 is 19.3 Å². The van der Waals surface area contributed by atoms with Crippen LogP contribution in [0.3, 0.4) is 0 Å². The van der Waals surface area contributed by atoms with Gasteiger partial charge in [-0.1, -0.05) is 0 Å². The van der Waals surface area contributed by atoms with Gasteiger partial charge in [-0.05, 0) is 38.1 Å². The molecule has 130 valence electrons. The summed E-state index contributed by atoms with van der Waals surface area (Å²) >= 11 is 0. The molecule has 2 aliphatic heterocycles. The number of nitrogens with zero attached hydrogens (tertiary/aromatic N) is 2. The van der Waals surface area contributed by atoms with E-state index in [1.54, 1.807) is 12.0 Å². The molecule has 3 atom stereocenters. The summed E-state index contributed by atoms with van der Waals surface area (Å²) in [6, 6.07) is 7.34. The molecule has 3 rings (SSSR count). The van der Waals surface area contributed by atoms with Gasteiger partial charge in [-0.15, -0.1) is 0 Å². The Morgan fingerprint density at radius 3 is 2.33 bits per heavy atom. The van der Waals surface area contributed by atoms with E-state index in [1.165, 1.54) is 0 Å². The van der Waals surface area contributed by atoms with Gasteiger partial charge >= 0.3 is 0 Å². The van der Waals surface area contributed by atoms with Gasteiger partial charge in [0.1, 0.15) is 5.75 Å². The lowest BCUT2D eigenvalue weighted by Gasteiger charge is -2.36. The molecule has 2 aliphatic rings. The molecule has 0 spiro atoms. The van der Waals surface area contributed by atoms with Gasteiger partial charge in [0.2, 0.25) is 11.8 Å². The highest BCUT2D eigenvalue weighted by atomic mass is 16.5. The smallest absolute Gasteiger partial charge is 0.228 e. The Balaban J connectivity index is 1.68. The van der Waals surface area contributed by atoms with E-state index in [2.05, 4.69) is 0 Å². The van der Waals surface area contributed by atoms with Crippen LogP contribution in [0.15, 0.2) is 24.3 Å². The van der Waals surface area contributed by atoms with Crippen LogP contribution in [0, 0.1) is 5.92 Å². The Kier molecular flexibility index (Phi) is 4.76. The van der Waals surface area contributed by atoms with E-state index in [0.717, 1.165) is 11.4 Å². The molecule has 0 bridgehead atoms. The molecular weight excluding hydrogens is 308 g/mol. The van der Waals surface area contributed by atoms with E-state index < -0.39 is 0 Å². The third-order valence-corrected chi connectivity index (χ3v) is 4.59. The minimum Gasteiger partial charge on any atom is -0.497 e. The van der Waals surface area contributed by atoms with Crippen molar-refractivity contribution in [3.8, 4) is 5.75 Å². The molecule has 6 heteroatoms. The van der Waals surface area contributed by atoms with Crippen molar-refractivity contribution in [2.45, 2.75) is 32.5 Å². The number of benzene rings is 1. The molecule has 2 fully saturated rings. The molecule has 1 aromatic rings. The predicted octanol–water partition coefficient (Wildman–Crippen LogP) is 1.68. The molecule has 2 amide bonds. The summed E-state index contributed by atoms with van der Waals surface area (Å²) in [7, 11) is 1.61. The van der Waals surface area contributed by atoms with Crippen LogP contribution in [0.2, 0.25) is 0 Å².